The van der Waals surface area contributed by atoms with Gasteiger partial charge in [0, 0.05) is 11.5 Å². The van der Waals surface area contributed by atoms with Gasteiger partial charge in [-0.3, -0.25) is 9.79 Å². The number of aliphatic carboxylic acids is 2. The second-order valence-corrected chi connectivity index (χ2v) is 5.49. The smallest absolute Gasteiger partial charge is 0.355 e. The van der Waals surface area contributed by atoms with Crippen LogP contribution in [0.3, 0.4) is 0 Å². The molecule has 0 aromatic rings. The largest absolute Gasteiger partial charge is 0.481 e. The molecule has 0 fully saturated rings. The Morgan fingerprint density at radius 3 is 2.55 bits per heavy atom. The van der Waals surface area contributed by atoms with Crippen molar-refractivity contribution < 1.29 is 30.0 Å². The second kappa shape index (κ2) is 7.41. The van der Waals surface area contributed by atoms with Crippen LogP contribution in [0.4, 0.5) is 0 Å². The molecule has 4 N–H and O–H groups in total. The van der Waals surface area contributed by atoms with Gasteiger partial charge in [0.1, 0.15) is 11.3 Å². The first kappa shape index (κ1) is 16.7. The molecule has 3 atom stereocenters. The highest BCUT2D eigenvalue weighted by atomic mass is 32.2. The van der Waals surface area contributed by atoms with Gasteiger partial charge >= 0.3 is 11.9 Å². The number of carboxylic acids is 2. The van der Waals surface area contributed by atoms with Gasteiger partial charge in [-0.25, -0.2) is 4.79 Å². The fourth-order valence-corrected chi connectivity index (χ4v) is 3.13. The van der Waals surface area contributed by atoms with E-state index >= 15 is 0 Å². The van der Waals surface area contributed by atoms with Crippen molar-refractivity contribution in [2.45, 2.75) is 31.2 Å². The van der Waals surface area contributed by atoms with Gasteiger partial charge < -0.3 is 20.4 Å². The van der Waals surface area contributed by atoms with E-state index in [1.165, 1.54) is 6.92 Å². The van der Waals surface area contributed by atoms with Gasteiger partial charge in [0.25, 0.3) is 0 Å². The minimum atomic E-state index is -1.23. The van der Waals surface area contributed by atoms with Crippen LogP contribution in [0, 0.1) is 5.92 Å². The number of nitrogens with zero attached hydrogens (tertiary/aromatic N) is 1. The molecule has 0 amide bonds. The van der Waals surface area contributed by atoms with E-state index in [4.69, 9.17) is 15.3 Å². The van der Waals surface area contributed by atoms with Crippen LogP contribution in [-0.2, 0) is 9.59 Å². The lowest BCUT2D eigenvalue weighted by Crippen LogP contribution is -2.33. The van der Waals surface area contributed by atoms with Crippen molar-refractivity contribution in [3.63, 3.8) is 0 Å². The molecule has 0 spiro atoms. The van der Waals surface area contributed by atoms with E-state index in [9.17, 15) is 14.7 Å². The second-order valence-electron chi connectivity index (χ2n) is 4.33. The van der Waals surface area contributed by atoms with Gasteiger partial charge in [-0.05, 0) is 19.8 Å². The van der Waals surface area contributed by atoms with Gasteiger partial charge in [0.05, 0.1) is 6.10 Å². The van der Waals surface area contributed by atoms with E-state index in [2.05, 4.69) is 4.99 Å². The third kappa shape index (κ3) is 4.06. The number of hydrogen-bond acceptors (Lipinski definition) is 6. The Kier molecular flexibility index (Phi) is 6.18. The summed E-state index contributed by atoms with van der Waals surface area (Å²) in [7, 11) is 0. The lowest BCUT2D eigenvalue weighted by molar-refractivity contribution is -0.145. The monoisotopic (exact) mass is 303 g/mol. The predicted molar refractivity (Wildman–Crippen MR) is 73.7 cm³/mol. The highest BCUT2D eigenvalue weighted by Crippen LogP contribution is 2.37. The summed E-state index contributed by atoms with van der Waals surface area (Å²) in [6, 6.07) is 0. The zero-order chi connectivity index (χ0) is 15.3. The molecule has 0 aliphatic carbocycles. The van der Waals surface area contributed by atoms with E-state index in [1.54, 1.807) is 6.08 Å². The Labute approximate surface area is 120 Å². The number of carboxylic acid groups (broad SMARTS) is 2. The first-order valence-electron chi connectivity index (χ1n) is 6.08. The molecule has 0 aromatic carbocycles. The maximum atomic E-state index is 11.1. The number of aliphatic imine (C=N–C) groups is 1. The van der Waals surface area contributed by atoms with Crippen molar-refractivity contribution in [1.82, 2.24) is 0 Å². The number of unbranched alkanes of at least 4 members (excludes halogenated alkanes) is 1. The van der Waals surface area contributed by atoms with Crippen LogP contribution in [-0.4, -0.2) is 56.2 Å². The Bertz CT molecular complexity index is 445. The van der Waals surface area contributed by atoms with Crippen LogP contribution in [0.1, 0.15) is 19.8 Å². The van der Waals surface area contributed by atoms with E-state index in [1.807, 2.05) is 0 Å². The number of hydrogen-bond donors (Lipinski definition) is 4. The first-order chi connectivity index (χ1) is 9.38. The topological polar surface area (TPSA) is 127 Å². The summed E-state index contributed by atoms with van der Waals surface area (Å²) in [6.45, 7) is 1.33. The van der Waals surface area contributed by atoms with Crippen molar-refractivity contribution in [2.24, 2.45) is 10.9 Å². The van der Waals surface area contributed by atoms with E-state index in [-0.39, 0.29) is 12.3 Å². The maximum absolute atomic E-state index is 11.1. The maximum Gasteiger partial charge on any atom is 0.355 e. The molecule has 0 bridgehead atoms. The Morgan fingerprint density at radius 1 is 1.45 bits per heavy atom. The Hall–Kier alpha value is -1.38. The van der Waals surface area contributed by atoms with Crippen molar-refractivity contribution in [3.05, 3.63) is 11.0 Å². The van der Waals surface area contributed by atoms with Crippen LogP contribution in [0.25, 0.3) is 0 Å². The van der Waals surface area contributed by atoms with Crippen LogP contribution >= 0.6 is 11.8 Å². The van der Waals surface area contributed by atoms with Crippen LogP contribution in [0.5, 0.6) is 0 Å². The highest BCUT2D eigenvalue weighted by Gasteiger charge is 2.39. The molecule has 0 radical (unpaired) electrons. The summed E-state index contributed by atoms with van der Waals surface area (Å²) in [5.41, 5.74) is -0.190. The van der Waals surface area contributed by atoms with E-state index in [0.717, 1.165) is 11.8 Å². The SMILES string of the molecule is CC(O)C(C(=O)O)C1N=C(C(=O)O)/C(=C/CCCO)S1. The van der Waals surface area contributed by atoms with Gasteiger partial charge in [-0.15, -0.1) is 0 Å². The van der Waals surface area contributed by atoms with Crippen LogP contribution < -0.4 is 0 Å². The summed E-state index contributed by atoms with van der Waals surface area (Å²) in [5, 5.41) is 35.5. The van der Waals surface area contributed by atoms with Gasteiger partial charge in [-0.1, -0.05) is 17.8 Å². The van der Waals surface area contributed by atoms with Crippen molar-refractivity contribution in [2.75, 3.05) is 6.61 Å². The van der Waals surface area contributed by atoms with Crippen LogP contribution in [0.2, 0.25) is 0 Å². The number of aliphatic hydroxyl groups excluding tert-OH is 2. The third-order valence-corrected chi connectivity index (χ3v) is 4.00. The average molecular weight is 303 g/mol. The van der Waals surface area contributed by atoms with Crippen molar-refractivity contribution >= 4 is 29.4 Å². The first-order valence-corrected chi connectivity index (χ1v) is 6.96. The molecule has 0 saturated heterocycles. The Morgan fingerprint density at radius 2 is 2.10 bits per heavy atom. The number of carbonyl (C=O) groups is 2. The summed E-state index contributed by atoms with van der Waals surface area (Å²) >= 11 is 1.02. The molecule has 3 unspecified atom stereocenters. The van der Waals surface area contributed by atoms with Crippen molar-refractivity contribution in [3.8, 4) is 0 Å². The number of aliphatic hydroxyl groups is 2. The molecule has 0 aromatic heterocycles. The molecule has 1 heterocycles. The standard InChI is InChI=1S/C12H17NO6S/c1-6(15)8(11(16)17)10-13-9(12(18)19)7(20-10)4-2-3-5-14/h4,6,8,10,14-15H,2-3,5H2,1H3,(H,16,17)(H,18,19)/b7-4-. The molecule has 20 heavy (non-hydrogen) atoms. The molecule has 0 saturated carbocycles. The molecule has 1 aliphatic rings. The summed E-state index contributed by atoms with van der Waals surface area (Å²) in [5.74, 6) is -3.62. The lowest BCUT2D eigenvalue weighted by Gasteiger charge is -2.18. The van der Waals surface area contributed by atoms with Crippen LogP contribution in [0.15, 0.2) is 16.0 Å². The van der Waals surface area contributed by atoms with Gasteiger partial charge in [0.2, 0.25) is 0 Å². The molecule has 1 aliphatic heterocycles. The quantitative estimate of drug-likeness (QED) is 0.499. The Balaban J connectivity index is 2.96. The van der Waals surface area contributed by atoms with Crippen molar-refractivity contribution in [1.29, 1.82) is 0 Å². The zero-order valence-electron chi connectivity index (χ0n) is 10.9. The minimum Gasteiger partial charge on any atom is -0.481 e. The van der Waals surface area contributed by atoms with E-state index < -0.39 is 29.3 Å². The fourth-order valence-electron chi connectivity index (χ4n) is 1.75. The number of allylic oxidation sites excluding steroid dienone is 1. The molecule has 7 nitrogen and oxygen atoms in total. The normalized spacial score (nSPS) is 23.4. The fraction of sp³-hybridized carbons (Fsp3) is 0.583. The van der Waals surface area contributed by atoms with E-state index in [0.29, 0.717) is 17.7 Å². The molecular weight excluding hydrogens is 286 g/mol. The lowest BCUT2D eigenvalue weighted by atomic mass is 10.0. The summed E-state index contributed by atoms with van der Waals surface area (Å²) < 4.78 is 0. The predicted octanol–water partition coefficient (Wildman–Crippen LogP) is 0.323. The van der Waals surface area contributed by atoms with Gasteiger partial charge in [0.15, 0.2) is 5.71 Å². The minimum absolute atomic E-state index is 0.0111. The average Bonchev–Trinajstić information content (AvgIpc) is 2.72. The molecule has 8 heteroatoms. The third-order valence-electron chi connectivity index (χ3n) is 2.74. The molecule has 112 valence electrons. The summed E-state index contributed by atoms with van der Waals surface area (Å²) in [6.07, 6.45) is 1.44. The zero-order valence-corrected chi connectivity index (χ0v) is 11.7. The number of rotatable bonds is 7. The number of thioether (sulfide) groups is 1. The van der Waals surface area contributed by atoms with Gasteiger partial charge in [-0.2, -0.15) is 0 Å². The molecule has 1 rings (SSSR count). The molecular formula is C12H17NO6S. The summed E-state index contributed by atoms with van der Waals surface area (Å²) in [4.78, 5) is 26.5. The highest BCUT2D eigenvalue weighted by molar-refractivity contribution is 8.05.